The zero-order chi connectivity index (χ0) is 19.9. The number of hydrogen-bond donors (Lipinski definition) is 0. The predicted octanol–water partition coefficient (Wildman–Crippen LogP) is 6.30. The second kappa shape index (κ2) is 6.95. The van der Waals surface area contributed by atoms with Crippen LogP contribution < -0.4 is 0 Å². The molecule has 7 heteroatoms. The van der Waals surface area contributed by atoms with Gasteiger partial charge < -0.3 is 0 Å². The van der Waals surface area contributed by atoms with Crippen molar-refractivity contribution in [2.75, 3.05) is 0 Å². The van der Waals surface area contributed by atoms with Crippen LogP contribution in [-0.2, 0) is 12.6 Å². The van der Waals surface area contributed by atoms with E-state index in [1.54, 1.807) is 23.0 Å². The van der Waals surface area contributed by atoms with Crippen LogP contribution in [-0.4, -0.2) is 14.6 Å². The smallest absolute Gasteiger partial charge is 0.236 e. The number of aromatic nitrogens is 3. The van der Waals surface area contributed by atoms with Crippen molar-refractivity contribution in [3.8, 4) is 22.4 Å². The lowest BCUT2D eigenvalue weighted by molar-refractivity contribution is -0.137. The average molecular weight is 402 g/mol. The Morgan fingerprint density at radius 1 is 0.964 bits per heavy atom. The van der Waals surface area contributed by atoms with Gasteiger partial charge >= 0.3 is 6.18 Å². The first-order valence-electron chi connectivity index (χ1n) is 8.68. The van der Waals surface area contributed by atoms with E-state index in [0.29, 0.717) is 27.5 Å². The first-order valence-corrected chi connectivity index (χ1v) is 9.06. The molecule has 4 rings (SSSR count). The van der Waals surface area contributed by atoms with E-state index in [2.05, 4.69) is 10.1 Å². The summed E-state index contributed by atoms with van der Waals surface area (Å²) >= 11 is 6.38. The fourth-order valence-electron chi connectivity index (χ4n) is 3.20. The summed E-state index contributed by atoms with van der Waals surface area (Å²) in [6, 6.07) is 12.3. The molecule has 142 valence electrons. The Labute approximate surface area is 164 Å². The molecule has 0 aliphatic rings. The van der Waals surface area contributed by atoms with Gasteiger partial charge in [0.05, 0.1) is 17.5 Å². The van der Waals surface area contributed by atoms with Crippen molar-refractivity contribution in [2.45, 2.75) is 19.5 Å². The van der Waals surface area contributed by atoms with Gasteiger partial charge in [-0.05, 0) is 24.6 Å². The van der Waals surface area contributed by atoms with E-state index >= 15 is 0 Å². The zero-order valence-corrected chi connectivity index (χ0v) is 15.6. The zero-order valence-electron chi connectivity index (χ0n) is 14.8. The summed E-state index contributed by atoms with van der Waals surface area (Å²) in [6.07, 6.45) is -0.218. The third kappa shape index (κ3) is 3.14. The molecule has 0 N–H and O–H groups in total. The second-order valence-corrected chi connectivity index (χ2v) is 6.74. The van der Waals surface area contributed by atoms with Crippen molar-refractivity contribution < 1.29 is 13.2 Å². The lowest BCUT2D eigenvalue weighted by Gasteiger charge is -2.14. The number of rotatable bonds is 3. The van der Waals surface area contributed by atoms with Crippen LogP contribution in [0.5, 0.6) is 0 Å². The number of alkyl halides is 3. The minimum Gasteiger partial charge on any atom is -0.236 e. The molecule has 0 spiro atoms. The Kier molecular flexibility index (Phi) is 4.59. The van der Waals surface area contributed by atoms with Crippen molar-refractivity contribution in [1.82, 2.24) is 14.6 Å². The van der Waals surface area contributed by atoms with Crippen molar-refractivity contribution in [3.63, 3.8) is 0 Å². The predicted molar refractivity (Wildman–Crippen MR) is 103 cm³/mol. The van der Waals surface area contributed by atoms with Gasteiger partial charge in [0.1, 0.15) is 0 Å². The van der Waals surface area contributed by atoms with Crippen LogP contribution >= 0.6 is 11.6 Å². The van der Waals surface area contributed by atoms with Crippen LogP contribution in [0.15, 0.2) is 60.9 Å². The molecule has 0 saturated heterocycles. The van der Waals surface area contributed by atoms with Crippen molar-refractivity contribution in [3.05, 3.63) is 77.1 Å². The molecule has 2 aromatic heterocycles. The lowest BCUT2D eigenvalue weighted by Crippen LogP contribution is -2.05. The van der Waals surface area contributed by atoms with Crippen molar-refractivity contribution >= 4 is 17.2 Å². The molecule has 2 aromatic carbocycles. The average Bonchev–Trinajstić information content (AvgIpc) is 3.10. The third-order valence-corrected chi connectivity index (χ3v) is 4.96. The Morgan fingerprint density at radius 2 is 1.68 bits per heavy atom. The maximum absolute atomic E-state index is 13.0. The summed E-state index contributed by atoms with van der Waals surface area (Å²) < 4.78 is 40.6. The Bertz CT molecular complexity index is 1150. The summed E-state index contributed by atoms with van der Waals surface area (Å²) in [7, 11) is 0. The van der Waals surface area contributed by atoms with Crippen molar-refractivity contribution in [1.29, 1.82) is 0 Å². The molecule has 0 fully saturated rings. The molecule has 28 heavy (non-hydrogen) atoms. The summed E-state index contributed by atoms with van der Waals surface area (Å²) in [5.41, 5.74) is 3.61. The van der Waals surface area contributed by atoms with Gasteiger partial charge in [-0.15, -0.1) is 0 Å². The minimum atomic E-state index is -4.39. The maximum atomic E-state index is 13.0. The normalized spacial score (nSPS) is 11.9. The van der Waals surface area contributed by atoms with Gasteiger partial charge in [-0.3, -0.25) is 0 Å². The van der Waals surface area contributed by atoms with E-state index in [-0.39, 0.29) is 0 Å². The van der Waals surface area contributed by atoms with E-state index in [4.69, 9.17) is 11.6 Å². The first-order chi connectivity index (χ1) is 13.4. The van der Waals surface area contributed by atoms with E-state index in [1.807, 2.05) is 25.1 Å². The summed E-state index contributed by atoms with van der Waals surface area (Å²) in [6.45, 7) is 2.00. The molecule has 4 aromatic rings. The highest BCUT2D eigenvalue weighted by Gasteiger charge is 2.30. The molecule has 2 heterocycles. The van der Waals surface area contributed by atoms with Crippen molar-refractivity contribution in [2.24, 2.45) is 0 Å². The largest absolute Gasteiger partial charge is 0.416 e. The number of benzene rings is 2. The van der Waals surface area contributed by atoms with Crippen LogP contribution in [0.1, 0.15) is 18.1 Å². The summed E-state index contributed by atoms with van der Waals surface area (Å²) in [5, 5.41) is 4.97. The molecule has 0 bridgehead atoms. The lowest BCUT2D eigenvalue weighted by atomic mass is 9.99. The monoisotopic (exact) mass is 401 g/mol. The number of aryl methyl sites for hydroxylation is 1. The Hall–Kier alpha value is -2.86. The molecule has 3 nitrogen and oxygen atoms in total. The molecule has 0 atom stereocenters. The topological polar surface area (TPSA) is 30.2 Å². The SMILES string of the molecule is CCc1cnn2c(-c3ccc(C(F)(F)F)cc3)c(-c3ccccc3Cl)cnc12. The van der Waals surface area contributed by atoms with Gasteiger partial charge in [-0.2, -0.15) is 18.3 Å². The quantitative estimate of drug-likeness (QED) is 0.403. The molecule has 0 amide bonds. The molecule has 0 radical (unpaired) electrons. The summed E-state index contributed by atoms with van der Waals surface area (Å²) in [4.78, 5) is 4.53. The number of nitrogens with zero attached hydrogens (tertiary/aromatic N) is 3. The van der Waals surface area contributed by atoms with E-state index in [1.165, 1.54) is 12.1 Å². The molecular formula is C21H15ClF3N3. The van der Waals surface area contributed by atoms with Crippen LogP contribution in [0.3, 0.4) is 0 Å². The highest BCUT2D eigenvalue weighted by Crippen LogP contribution is 2.37. The van der Waals surface area contributed by atoms with E-state index in [9.17, 15) is 13.2 Å². The Balaban J connectivity index is 2.00. The van der Waals surface area contributed by atoms with Gasteiger partial charge in [0.2, 0.25) is 0 Å². The minimum absolute atomic E-state index is 0.527. The highest BCUT2D eigenvalue weighted by molar-refractivity contribution is 6.33. The molecular weight excluding hydrogens is 387 g/mol. The maximum Gasteiger partial charge on any atom is 0.416 e. The fraction of sp³-hybridized carbons (Fsp3) is 0.143. The highest BCUT2D eigenvalue weighted by atomic mass is 35.5. The number of halogens is 4. The molecule has 0 saturated carbocycles. The van der Waals surface area contributed by atoms with Crippen LogP contribution in [0.2, 0.25) is 5.02 Å². The fourth-order valence-corrected chi connectivity index (χ4v) is 3.44. The van der Waals surface area contributed by atoms with Gasteiger partial charge in [0, 0.05) is 33.5 Å². The van der Waals surface area contributed by atoms with E-state index in [0.717, 1.165) is 29.7 Å². The first kappa shape index (κ1) is 18.5. The summed E-state index contributed by atoms with van der Waals surface area (Å²) in [5.74, 6) is 0. The van der Waals surface area contributed by atoms with Gasteiger partial charge in [-0.25, -0.2) is 9.50 Å². The second-order valence-electron chi connectivity index (χ2n) is 6.33. The van der Waals surface area contributed by atoms with Gasteiger partial charge in [0.15, 0.2) is 5.65 Å². The Morgan fingerprint density at radius 3 is 2.32 bits per heavy atom. The van der Waals surface area contributed by atoms with Gasteiger partial charge in [-0.1, -0.05) is 48.9 Å². The van der Waals surface area contributed by atoms with Crippen LogP contribution in [0.25, 0.3) is 28.0 Å². The number of fused-ring (bicyclic) bond motifs is 1. The molecule has 0 aliphatic carbocycles. The van der Waals surface area contributed by atoms with E-state index < -0.39 is 11.7 Å². The standard InChI is InChI=1S/C21H15ClF3N3/c1-2-13-11-27-28-19(14-7-9-15(10-8-14)21(23,24)25)17(12-26-20(13)28)16-5-3-4-6-18(16)22/h3-12H,2H2,1H3. The molecule has 0 unspecified atom stereocenters. The van der Waals surface area contributed by atoms with Crippen LogP contribution in [0.4, 0.5) is 13.2 Å². The molecule has 0 aliphatic heterocycles. The van der Waals surface area contributed by atoms with Crippen LogP contribution in [0, 0.1) is 0 Å². The number of hydrogen-bond acceptors (Lipinski definition) is 2. The third-order valence-electron chi connectivity index (χ3n) is 4.63. The van der Waals surface area contributed by atoms with Gasteiger partial charge in [0.25, 0.3) is 0 Å².